The fraction of sp³-hybridized carbons (Fsp3) is 0.421. The second kappa shape index (κ2) is 5.73. The lowest BCUT2D eigenvalue weighted by molar-refractivity contribution is 0.614. The van der Waals surface area contributed by atoms with Gasteiger partial charge in [-0.05, 0) is 67.9 Å². The molecule has 0 saturated heterocycles. The molecule has 0 aliphatic heterocycles. The predicted octanol–water partition coefficient (Wildman–Crippen LogP) is 2.93. The van der Waals surface area contributed by atoms with E-state index in [1.165, 1.54) is 35.2 Å². The smallest absolute Gasteiger partial charge is 0.255 e. The van der Waals surface area contributed by atoms with Crippen LogP contribution in [0.5, 0.6) is 0 Å². The number of nitrogens with two attached hydrogens (primary N) is 1. The van der Waals surface area contributed by atoms with Gasteiger partial charge in [0.2, 0.25) is 0 Å². The molecule has 3 nitrogen and oxygen atoms in total. The molecule has 2 N–H and O–H groups in total. The third-order valence-electron chi connectivity index (χ3n) is 4.99. The fourth-order valence-electron chi connectivity index (χ4n) is 3.38. The molecule has 1 atom stereocenters. The van der Waals surface area contributed by atoms with Gasteiger partial charge in [-0.2, -0.15) is 0 Å². The van der Waals surface area contributed by atoms with Gasteiger partial charge in [0.25, 0.3) is 5.56 Å². The number of rotatable bonds is 2. The molecule has 0 saturated carbocycles. The van der Waals surface area contributed by atoms with Crippen LogP contribution < -0.4 is 11.3 Å². The van der Waals surface area contributed by atoms with Crippen LogP contribution in [0.4, 0.5) is 0 Å². The molecule has 0 bridgehead atoms. The average molecular weight is 296 g/mol. The summed E-state index contributed by atoms with van der Waals surface area (Å²) in [5.74, 6) is 0. The highest BCUT2D eigenvalue weighted by Gasteiger charge is 2.20. The molecule has 1 heterocycles. The normalized spacial score (nSPS) is 15.5. The van der Waals surface area contributed by atoms with Crippen molar-refractivity contribution >= 4 is 0 Å². The third-order valence-corrected chi connectivity index (χ3v) is 4.99. The molecule has 2 aromatic rings. The number of fused-ring (bicyclic) bond motifs is 1. The Balaban J connectivity index is 2.09. The van der Waals surface area contributed by atoms with Gasteiger partial charge >= 0.3 is 0 Å². The van der Waals surface area contributed by atoms with Crippen LogP contribution in [-0.4, -0.2) is 4.57 Å². The summed E-state index contributed by atoms with van der Waals surface area (Å²) in [6, 6.07) is 7.90. The maximum Gasteiger partial charge on any atom is 0.255 e. The van der Waals surface area contributed by atoms with Gasteiger partial charge in [0.15, 0.2) is 0 Å². The lowest BCUT2D eigenvalue weighted by atomic mass is 9.91. The number of hydrogen-bond donors (Lipinski definition) is 1. The number of pyridine rings is 1. The van der Waals surface area contributed by atoms with E-state index in [1.807, 2.05) is 17.7 Å². The monoisotopic (exact) mass is 296 g/mol. The minimum Gasteiger partial charge on any atom is -0.320 e. The van der Waals surface area contributed by atoms with Crippen LogP contribution in [0.1, 0.15) is 52.4 Å². The molecular formula is C19H24N2O. The van der Waals surface area contributed by atoms with Crippen molar-refractivity contribution in [3.63, 3.8) is 0 Å². The molecular weight excluding hydrogens is 272 g/mol. The van der Waals surface area contributed by atoms with Gasteiger partial charge in [-0.1, -0.05) is 18.2 Å². The Morgan fingerprint density at radius 1 is 1.09 bits per heavy atom. The first-order valence-electron chi connectivity index (χ1n) is 8.03. The quantitative estimate of drug-likeness (QED) is 0.926. The van der Waals surface area contributed by atoms with Crippen molar-refractivity contribution in [1.29, 1.82) is 0 Å². The Morgan fingerprint density at radius 3 is 2.55 bits per heavy atom. The number of aryl methyl sites for hydroxylation is 3. The summed E-state index contributed by atoms with van der Waals surface area (Å²) in [6.07, 6.45) is 4.42. The third kappa shape index (κ3) is 2.50. The van der Waals surface area contributed by atoms with E-state index in [1.54, 1.807) is 0 Å². The molecule has 0 fully saturated rings. The lowest BCUT2D eigenvalue weighted by Crippen LogP contribution is -2.31. The molecule has 1 aromatic heterocycles. The van der Waals surface area contributed by atoms with Gasteiger partial charge in [-0.25, -0.2) is 0 Å². The minimum absolute atomic E-state index is 0.0476. The van der Waals surface area contributed by atoms with E-state index in [2.05, 4.69) is 32.0 Å². The Labute approximate surface area is 131 Å². The Bertz CT molecular complexity index is 774. The first kappa shape index (κ1) is 15.0. The molecule has 22 heavy (non-hydrogen) atoms. The summed E-state index contributed by atoms with van der Waals surface area (Å²) in [7, 11) is 1.88. The summed E-state index contributed by atoms with van der Waals surface area (Å²) >= 11 is 0. The molecule has 0 spiro atoms. The van der Waals surface area contributed by atoms with Crippen molar-refractivity contribution in [2.45, 2.75) is 45.6 Å². The summed E-state index contributed by atoms with van der Waals surface area (Å²) in [6.45, 7) is 4.17. The number of nitrogens with zero attached hydrogens (tertiary/aromatic N) is 1. The van der Waals surface area contributed by atoms with E-state index >= 15 is 0 Å². The molecule has 3 heteroatoms. The Hall–Kier alpha value is -1.87. The molecule has 1 unspecified atom stereocenters. The van der Waals surface area contributed by atoms with E-state index in [0.717, 1.165) is 18.4 Å². The lowest BCUT2D eigenvalue weighted by Gasteiger charge is -2.22. The van der Waals surface area contributed by atoms with Crippen molar-refractivity contribution < 1.29 is 0 Å². The van der Waals surface area contributed by atoms with E-state index in [0.29, 0.717) is 5.56 Å². The SMILES string of the molecule is Cc1ccc(C(N)c2cc3c(n(C)c2=O)CCCC3)cc1C. The topological polar surface area (TPSA) is 48.0 Å². The second-order valence-corrected chi connectivity index (χ2v) is 6.46. The number of aromatic nitrogens is 1. The second-order valence-electron chi connectivity index (χ2n) is 6.46. The van der Waals surface area contributed by atoms with Gasteiger partial charge in [-0.15, -0.1) is 0 Å². The minimum atomic E-state index is -0.356. The van der Waals surface area contributed by atoms with Gasteiger partial charge in [0.1, 0.15) is 0 Å². The first-order valence-corrected chi connectivity index (χ1v) is 8.03. The van der Waals surface area contributed by atoms with E-state index < -0.39 is 0 Å². The summed E-state index contributed by atoms with van der Waals surface area (Å²) in [5, 5.41) is 0. The summed E-state index contributed by atoms with van der Waals surface area (Å²) in [5.41, 5.74) is 13.1. The van der Waals surface area contributed by atoms with Crippen molar-refractivity contribution in [1.82, 2.24) is 4.57 Å². The molecule has 1 aliphatic rings. The maximum absolute atomic E-state index is 12.7. The summed E-state index contributed by atoms with van der Waals surface area (Å²) in [4.78, 5) is 12.7. The number of hydrogen-bond acceptors (Lipinski definition) is 2. The van der Waals surface area contributed by atoms with Gasteiger partial charge in [0.05, 0.1) is 6.04 Å². The zero-order valence-corrected chi connectivity index (χ0v) is 13.6. The Kier molecular flexibility index (Phi) is 3.92. The zero-order chi connectivity index (χ0) is 15.9. The predicted molar refractivity (Wildman–Crippen MR) is 90.3 cm³/mol. The molecule has 0 radical (unpaired) electrons. The van der Waals surface area contributed by atoms with E-state index in [4.69, 9.17) is 5.73 Å². The van der Waals surface area contributed by atoms with Crippen LogP contribution in [0.2, 0.25) is 0 Å². The molecule has 3 rings (SSSR count). The van der Waals surface area contributed by atoms with Crippen molar-refractivity contribution in [2.75, 3.05) is 0 Å². The van der Waals surface area contributed by atoms with Crippen molar-refractivity contribution in [3.8, 4) is 0 Å². The van der Waals surface area contributed by atoms with E-state index in [9.17, 15) is 4.79 Å². The van der Waals surface area contributed by atoms with Gasteiger partial charge < -0.3 is 10.3 Å². The highest BCUT2D eigenvalue weighted by atomic mass is 16.1. The van der Waals surface area contributed by atoms with Gasteiger partial charge in [-0.3, -0.25) is 4.79 Å². The van der Waals surface area contributed by atoms with Crippen LogP contribution >= 0.6 is 0 Å². The van der Waals surface area contributed by atoms with E-state index in [-0.39, 0.29) is 11.6 Å². The molecule has 1 aliphatic carbocycles. The first-order chi connectivity index (χ1) is 10.5. The zero-order valence-electron chi connectivity index (χ0n) is 13.6. The number of benzene rings is 1. The standard InChI is InChI=1S/C19H24N2O/c1-12-8-9-15(10-13(12)2)18(20)16-11-14-6-4-5-7-17(14)21(3)19(16)22/h8-11,18H,4-7,20H2,1-3H3. The van der Waals surface area contributed by atoms with Crippen molar-refractivity contribution in [2.24, 2.45) is 12.8 Å². The molecule has 1 aromatic carbocycles. The fourth-order valence-corrected chi connectivity index (χ4v) is 3.38. The largest absolute Gasteiger partial charge is 0.320 e. The highest BCUT2D eigenvalue weighted by Crippen LogP contribution is 2.25. The van der Waals surface area contributed by atoms with Crippen molar-refractivity contribution in [3.05, 3.63) is 68.1 Å². The molecule has 0 amide bonds. The highest BCUT2D eigenvalue weighted by molar-refractivity contribution is 5.38. The summed E-state index contributed by atoms with van der Waals surface area (Å²) < 4.78 is 1.81. The maximum atomic E-state index is 12.7. The van der Waals surface area contributed by atoms with Gasteiger partial charge in [0, 0.05) is 18.3 Å². The average Bonchev–Trinajstić information content (AvgIpc) is 2.53. The van der Waals surface area contributed by atoms with Crippen LogP contribution in [0.25, 0.3) is 0 Å². The van der Waals surface area contributed by atoms with Crippen LogP contribution in [0.3, 0.4) is 0 Å². The van der Waals surface area contributed by atoms with Crippen LogP contribution in [-0.2, 0) is 19.9 Å². The van der Waals surface area contributed by atoms with Crippen LogP contribution in [0, 0.1) is 13.8 Å². The Morgan fingerprint density at radius 2 is 1.82 bits per heavy atom. The van der Waals surface area contributed by atoms with Crippen LogP contribution in [0.15, 0.2) is 29.1 Å². The molecule has 116 valence electrons.